The molecule has 1 fully saturated rings. The molecule has 0 spiro atoms. The van der Waals surface area contributed by atoms with Gasteiger partial charge in [-0.05, 0) is 12.8 Å². The first-order chi connectivity index (χ1) is 8.43. The van der Waals surface area contributed by atoms with E-state index in [1.165, 1.54) is 4.90 Å². The molecule has 0 saturated heterocycles. The summed E-state index contributed by atoms with van der Waals surface area (Å²) in [5.41, 5.74) is -1.61. The van der Waals surface area contributed by atoms with Crippen LogP contribution in [-0.2, 0) is 4.79 Å². The Kier molecular flexibility index (Phi) is 4.71. The van der Waals surface area contributed by atoms with Gasteiger partial charge in [0.25, 0.3) is 0 Å². The van der Waals surface area contributed by atoms with Gasteiger partial charge in [-0.1, -0.05) is 19.8 Å². The van der Waals surface area contributed by atoms with Gasteiger partial charge in [-0.2, -0.15) is 5.26 Å². The molecule has 2 N–H and O–H groups in total. The maximum Gasteiger partial charge on any atom is 0.242 e. The summed E-state index contributed by atoms with van der Waals surface area (Å²) in [6, 6.07) is 2.16. The Morgan fingerprint density at radius 2 is 1.89 bits per heavy atom. The number of hydrogen-bond donors (Lipinski definition) is 2. The summed E-state index contributed by atoms with van der Waals surface area (Å²) < 4.78 is 0. The third-order valence-corrected chi connectivity index (χ3v) is 3.81. The van der Waals surface area contributed by atoms with Crippen molar-refractivity contribution in [2.24, 2.45) is 10.8 Å². The Balaban J connectivity index is 2.75. The van der Waals surface area contributed by atoms with Crippen molar-refractivity contribution in [1.82, 2.24) is 4.90 Å². The van der Waals surface area contributed by atoms with Crippen LogP contribution in [0.3, 0.4) is 0 Å². The molecule has 1 saturated carbocycles. The Bertz CT molecular complexity index is 339. The molecule has 102 valence electrons. The predicted octanol–water partition coefficient (Wildman–Crippen LogP) is 0.520. The topological polar surface area (TPSA) is 84.6 Å². The van der Waals surface area contributed by atoms with Crippen LogP contribution >= 0.6 is 0 Å². The largest absolute Gasteiger partial charge is 0.396 e. The third kappa shape index (κ3) is 2.82. The first-order valence-electron chi connectivity index (χ1n) is 6.32. The minimum Gasteiger partial charge on any atom is -0.396 e. The van der Waals surface area contributed by atoms with Crippen molar-refractivity contribution < 1.29 is 15.0 Å². The minimum absolute atomic E-state index is 0.185. The molecule has 0 aromatic carbocycles. The van der Waals surface area contributed by atoms with Crippen LogP contribution in [0.2, 0.25) is 0 Å². The Morgan fingerprint density at radius 3 is 2.28 bits per heavy atom. The summed E-state index contributed by atoms with van der Waals surface area (Å²) in [7, 11) is 1.63. The highest BCUT2D eigenvalue weighted by atomic mass is 16.3. The minimum atomic E-state index is -0.888. The van der Waals surface area contributed by atoms with Crippen LogP contribution in [0.5, 0.6) is 0 Å². The first kappa shape index (κ1) is 14.9. The molecule has 1 aliphatic carbocycles. The Labute approximate surface area is 108 Å². The summed E-state index contributed by atoms with van der Waals surface area (Å²) in [5, 5.41) is 27.7. The van der Waals surface area contributed by atoms with Crippen LogP contribution in [0.15, 0.2) is 0 Å². The fourth-order valence-corrected chi connectivity index (χ4v) is 2.51. The lowest BCUT2D eigenvalue weighted by molar-refractivity contribution is -0.139. The van der Waals surface area contributed by atoms with Crippen LogP contribution in [0, 0.1) is 22.2 Å². The molecule has 0 bridgehead atoms. The molecule has 0 radical (unpaired) electrons. The zero-order valence-electron chi connectivity index (χ0n) is 11.1. The third-order valence-electron chi connectivity index (χ3n) is 3.81. The van der Waals surface area contributed by atoms with Crippen LogP contribution in [0.25, 0.3) is 0 Å². The molecule has 0 aromatic heterocycles. The second-order valence-electron chi connectivity index (χ2n) is 5.69. The van der Waals surface area contributed by atoms with Crippen molar-refractivity contribution in [3.05, 3.63) is 0 Å². The zero-order chi connectivity index (χ0) is 13.8. The number of aliphatic hydroxyl groups excluding tert-OH is 2. The summed E-state index contributed by atoms with van der Waals surface area (Å²) in [4.78, 5) is 13.8. The van der Waals surface area contributed by atoms with E-state index in [4.69, 9.17) is 0 Å². The quantitative estimate of drug-likeness (QED) is 0.749. The first-order valence-corrected chi connectivity index (χ1v) is 6.32. The van der Waals surface area contributed by atoms with Gasteiger partial charge in [-0.25, -0.2) is 0 Å². The van der Waals surface area contributed by atoms with Gasteiger partial charge in [-0.3, -0.25) is 4.79 Å². The number of aliphatic hydroxyl groups is 2. The number of nitrogens with zero attached hydrogens (tertiary/aromatic N) is 2. The number of hydrogen-bond acceptors (Lipinski definition) is 4. The lowest BCUT2D eigenvalue weighted by atomic mass is 9.85. The van der Waals surface area contributed by atoms with Gasteiger partial charge in [0.1, 0.15) is 5.41 Å². The summed E-state index contributed by atoms with van der Waals surface area (Å²) in [6.45, 7) is 1.58. The second-order valence-corrected chi connectivity index (χ2v) is 5.69. The summed E-state index contributed by atoms with van der Waals surface area (Å²) in [5.74, 6) is -0.185. The maximum atomic E-state index is 12.3. The van der Waals surface area contributed by atoms with Gasteiger partial charge in [-0.15, -0.1) is 0 Å². The van der Waals surface area contributed by atoms with E-state index in [0.29, 0.717) is 12.8 Å². The van der Waals surface area contributed by atoms with Crippen molar-refractivity contribution in [2.45, 2.75) is 32.6 Å². The van der Waals surface area contributed by atoms with E-state index in [1.807, 2.05) is 0 Å². The van der Waals surface area contributed by atoms with Crippen molar-refractivity contribution in [2.75, 3.05) is 26.8 Å². The Morgan fingerprint density at radius 1 is 1.39 bits per heavy atom. The molecule has 5 heteroatoms. The maximum absolute atomic E-state index is 12.3. The van der Waals surface area contributed by atoms with Crippen molar-refractivity contribution >= 4 is 5.91 Å². The van der Waals surface area contributed by atoms with Gasteiger partial charge in [0.05, 0.1) is 19.3 Å². The predicted molar refractivity (Wildman–Crippen MR) is 66.4 cm³/mol. The van der Waals surface area contributed by atoms with E-state index >= 15 is 0 Å². The van der Waals surface area contributed by atoms with Gasteiger partial charge in [0, 0.05) is 19.0 Å². The fraction of sp³-hybridized carbons (Fsp3) is 0.846. The van der Waals surface area contributed by atoms with E-state index in [9.17, 15) is 20.3 Å². The molecule has 0 atom stereocenters. The SMILES string of the molecule is CN(CC(C)(CO)CO)C(=O)C1(C#N)CCCC1. The molecule has 0 aromatic rings. The van der Waals surface area contributed by atoms with Crippen LogP contribution in [0.1, 0.15) is 32.6 Å². The average molecular weight is 254 g/mol. The van der Waals surface area contributed by atoms with Gasteiger partial charge in [0.2, 0.25) is 5.91 Å². The standard InChI is InChI=1S/C13H22N2O3/c1-12(9-16,10-17)8-15(2)11(18)13(7-14)5-3-4-6-13/h16-17H,3-6,8-10H2,1-2H3. The molecular formula is C13H22N2O3. The second kappa shape index (κ2) is 5.68. The zero-order valence-corrected chi connectivity index (χ0v) is 11.1. The highest BCUT2D eigenvalue weighted by molar-refractivity contribution is 5.85. The molecule has 1 aliphatic rings. The molecular weight excluding hydrogens is 232 g/mol. The van der Waals surface area contributed by atoms with Crippen molar-refractivity contribution in [3.63, 3.8) is 0 Å². The van der Waals surface area contributed by atoms with Crippen LogP contribution in [0.4, 0.5) is 0 Å². The van der Waals surface area contributed by atoms with E-state index in [1.54, 1.807) is 14.0 Å². The number of nitriles is 1. The highest BCUT2D eigenvalue weighted by Crippen LogP contribution is 2.39. The number of carbonyl (C=O) groups is 1. The molecule has 18 heavy (non-hydrogen) atoms. The van der Waals surface area contributed by atoms with Crippen LogP contribution < -0.4 is 0 Å². The number of carbonyl (C=O) groups excluding carboxylic acids is 1. The van der Waals surface area contributed by atoms with Crippen molar-refractivity contribution in [3.8, 4) is 6.07 Å². The normalized spacial score (nSPS) is 18.4. The molecule has 5 nitrogen and oxygen atoms in total. The molecule has 1 amide bonds. The molecule has 1 rings (SSSR count). The summed E-state index contributed by atoms with van der Waals surface area (Å²) >= 11 is 0. The fourth-order valence-electron chi connectivity index (χ4n) is 2.51. The average Bonchev–Trinajstić information content (AvgIpc) is 2.87. The van der Waals surface area contributed by atoms with Crippen LogP contribution in [-0.4, -0.2) is 47.8 Å². The number of rotatable bonds is 5. The molecule has 0 heterocycles. The number of amides is 1. The monoisotopic (exact) mass is 254 g/mol. The van der Waals surface area contributed by atoms with Gasteiger partial charge >= 0.3 is 0 Å². The van der Waals surface area contributed by atoms with Gasteiger partial charge in [0.15, 0.2) is 0 Å². The van der Waals surface area contributed by atoms with E-state index in [-0.39, 0.29) is 25.7 Å². The lowest BCUT2D eigenvalue weighted by Crippen LogP contribution is -2.46. The lowest BCUT2D eigenvalue weighted by Gasteiger charge is -2.33. The summed E-state index contributed by atoms with van der Waals surface area (Å²) in [6.07, 6.45) is 3.04. The van der Waals surface area contributed by atoms with Gasteiger partial charge < -0.3 is 15.1 Å². The van der Waals surface area contributed by atoms with E-state index < -0.39 is 10.8 Å². The molecule has 0 unspecified atom stereocenters. The van der Waals surface area contributed by atoms with E-state index in [2.05, 4.69) is 6.07 Å². The highest BCUT2D eigenvalue weighted by Gasteiger charge is 2.44. The Hall–Kier alpha value is -1.12. The van der Waals surface area contributed by atoms with E-state index in [0.717, 1.165) is 12.8 Å². The molecule has 0 aliphatic heterocycles. The van der Waals surface area contributed by atoms with Crippen molar-refractivity contribution in [1.29, 1.82) is 5.26 Å². The smallest absolute Gasteiger partial charge is 0.242 e.